The molecule has 35 heavy (non-hydrogen) atoms. The first-order valence-electron chi connectivity index (χ1n) is 10.8. The molecule has 1 aliphatic heterocycles. The molecule has 0 bridgehead atoms. The molecule has 1 unspecified atom stereocenters. The van der Waals surface area contributed by atoms with Gasteiger partial charge in [0.1, 0.15) is 11.8 Å². The van der Waals surface area contributed by atoms with Gasteiger partial charge in [-0.25, -0.2) is 9.91 Å². The van der Waals surface area contributed by atoms with Crippen molar-refractivity contribution in [2.75, 3.05) is 12.0 Å². The van der Waals surface area contributed by atoms with Crippen LogP contribution in [0.4, 0.5) is 5.69 Å². The number of nitrogens with one attached hydrogen (secondary N) is 1. The molecule has 4 rings (SSSR count). The van der Waals surface area contributed by atoms with E-state index < -0.39 is 29.7 Å². The van der Waals surface area contributed by atoms with E-state index in [0.717, 1.165) is 9.91 Å². The molecule has 1 aliphatic rings. The number of carbonyl (C=O) groups excluding carboxylic acids is 4. The molecule has 1 saturated heterocycles. The molecule has 0 spiro atoms. The molecular formula is C26H22ClN3O5. The number of carbonyl (C=O) groups is 4. The standard InChI is InChI=1S/C26H22ClN3O5/c1-16-5-3-4-6-21(16)24(32)28-30(25(33)17-7-9-18(27)10-8-17)22-15-23(31)29(26(22)34)19-11-13-20(35-2)14-12-19/h3-14,22H,15H2,1-2H3,(H,28,32). The van der Waals surface area contributed by atoms with Crippen molar-refractivity contribution in [3.63, 3.8) is 0 Å². The maximum atomic E-state index is 13.4. The number of hydrogen-bond acceptors (Lipinski definition) is 5. The molecule has 0 radical (unpaired) electrons. The van der Waals surface area contributed by atoms with Crippen LogP contribution >= 0.6 is 11.6 Å². The Kier molecular flexibility index (Phi) is 6.84. The number of anilines is 1. The zero-order chi connectivity index (χ0) is 25.1. The first-order chi connectivity index (χ1) is 16.8. The van der Waals surface area contributed by atoms with E-state index in [1.807, 2.05) is 0 Å². The number of ether oxygens (including phenoxy) is 1. The lowest BCUT2D eigenvalue weighted by Crippen LogP contribution is -2.54. The number of amides is 4. The van der Waals surface area contributed by atoms with E-state index in [1.54, 1.807) is 55.5 Å². The second-order valence-corrected chi connectivity index (χ2v) is 8.36. The third kappa shape index (κ3) is 4.88. The summed E-state index contributed by atoms with van der Waals surface area (Å²) in [5.41, 5.74) is 4.13. The van der Waals surface area contributed by atoms with Gasteiger partial charge < -0.3 is 4.74 Å². The van der Waals surface area contributed by atoms with Gasteiger partial charge in [-0.05, 0) is 67.1 Å². The van der Waals surface area contributed by atoms with Gasteiger partial charge in [-0.3, -0.25) is 24.6 Å². The number of aryl methyl sites for hydroxylation is 1. The molecular weight excluding hydrogens is 470 g/mol. The van der Waals surface area contributed by atoms with E-state index in [1.165, 1.54) is 31.4 Å². The Morgan fingerprint density at radius 3 is 2.29 bits per heavy atom. The number of halogens is 1. The Labute approximate surface area is 207 Å². The smallest absolute Gasteiger partial charge is 0.273 e. The molecule has 178 valence electrons. The maximum absolute atomic E-state index is 13.4. The van der Waals surface area contributed by atoms with Crippen molar-refractivity contribution in [3.8, 4) is 5.75 Å². The highest BCUT2D eigenvalue weighted by Crippen LogP contribution is 2.28. The van der Waals surface area contributed by atoms with Gasteiger partial charge >= 0.3 is 0 Å². The highest BCUT2D eigenvalue weighted by Gasteiger charge is 2.45. The molecule has 4 amide bonds. The van der Waals surface area contributed by atoms with Crippen LogP contribution in [-0.2, 0) is 9.59 Å². The number of nitrogens with zero attached hydrogens (tertiary/aromatic N) is 2. The summed E-state index contributed by atoms with van der Waals surface area (Å²) < 4.78 is 5.13. The van der Waals surface area contributed by atoms with Gasteiger partial charge in [0.2, 0.25) is 5.91 Å². The first kappa shape index (κ1) is 24.0. The fourth-order valence-corrected chi connectivity index (χ4v) is 3.95. The Hall–Kier alpha value is -4.17. The van der Waals surface area contributed by atoms with Crippen LogP contribution in [0, 0.1) is 6.92 Å². The zero-order valence-electron chi connectivity index (χ0n) is 19.0. The van der Waals surface area contributed by atoms with Crippen molar-refractivity contribution in [2.24, 2.45) is 0 Å². The van der Waals surface area contributed by atoms with Gasteiger partial charge in [-0.1, -0.05) is 29.8 Å². The Bertz CT molecular complexity index is 1290. The highest BCUT2D eigenvalue weighted by atomic mass is 35.5. The minimum atomic E-state index is -1.24. The van der Waals surface area contributed by atoms with Crippen LogP contribution in [0.5, 0.6) is 5.75 Å². The summed E-state index contributed by atoms with van der Waals surface area (Å²) in [5.74, 6) is -1.79. The molecule has 9 heteroatoms. The third-order valence-corrected chi connectivity index (χ3v) is 5.94. The average Bonchev–Trinajstić information content (AvgIpc) is 3.16. The van der Waals surface area contributed by atoms with Crippen LogP contribution in [-0.4, -0.2) is 41.8 Å². The Morgan fingerprint density at radius 1 is 1.00 bits per heavy atom. The number of imide groups is 1. The second-order valence-electron chi connectivity index (χ2n) is 7.92. The molecule has 1 N–H and O–H groups in total. The summed E-state index contributed by atoms with van der Waals surface area (Å²) in [6, 6.07) is 18.1. The molecule has 1 heterocycles. The van der Waals surface area contributed by atoms with Gasteiger partial charge in [0.25, 0.3) is 17.7 Å². The van der Waals surface area contributed by atoms with Gasteiger partial charge in [0, 0.05) is 16.1 Å². The van der Waals surface area contributed by atoms with Crippen molar-refractivity contribution >= 4 is 40.9 Å². The van der Waals surface area contributed by atoms with Crippen molar-refractivity contribution in [1.82, 2.24) is 10.4 Å². The number of rotatable bonds is 5. The molecule has 0 aromatic heterocycles. The molecule has 0 saturated carbocycles. The summed E-state index contributed by atoms with van der Waals surface area (Å²) in [6.45, 7) is 1.76. The summed E-state index contributed by atoms with van der Waals surface area (Å²) in [4.78, 5) is 53.8. The van der Waals surface area contributed by atoms with E-state index in [9.17, 15) is 19.2 Å². The van der Waals surface area contributed by atoms with E-state index >= 15 is 0 Å². The quantitative estimate of drug-likeness (QED) is 0.433. The molecule has 1 fully saturated rings. The van der Waals surface area contributed by atoms with Crippen LogP contribution in [0.15, 0.2) is 72.8 Å². The summed E-state index contributed by atoms with van der Waals surface area (Å²) >= 11 is 5.95. The fourth-order valence-electron chi connectivity index (χ4n) is 3.82. The number of methoxy groups -OCH3 is 1. The number of hydrogen-bond donors (Lipinski definition) is 1. The lowest BCUT2D eigenvalue weighted by molar-refractivity contribution is -0.122. The predicted molar refractivity (Wildman–Crippen MR) is 130 cm³/mol. The molecule has 3 aromatic rings. The van der Waals surface area contributed by atoms with Gasteiger partial charge in [-0.15, -0.1) is 0 Å². The minimum absolute atomic E-state index is 0.197. The summed E-state index contributed by atoms with van der Waals surface area (Å²) in [7, 11) is 1.51. The number of hydrazine groups is 1. The number of benzene rings is 3. The van der Waals surface area contributed by atoms with Gasteiger partial charge in [0.15, 0.2) is 0 Å². The largest absolute Gasteiger partial charge is 0.497 e. The second kappa shape index (κ2) is 9.99. The third-order valence-electron chi connectivity index (χ3n) is 5.69. The topological polar surface area (TPSA) is 96.0 Å². The van der Waals surface area contributed by atoms with Crippen LogP contribution in [0.1, 0.15) is 32.7 Å². The first-order valence-corrected chi connectivity index (χ1v) is 11.1. The molecule has 0 aliphatic carbocycles. The maximum Gasteiger partial charge on any atom is 0.273 e. The van der Waals surface area contributed by atoms with Crippen LogP contribution < -0.4 is 15.1 Å². The minimum Gasteiger partial charge on any atom is -0.497 e. The van der Waals surface area contributed by atoms with Crippen molar-refractivity contribution in [2.45, 2.75) is 19.4 Å². The zero-order valence-corrected chi connectivity index (χ0v) is 19.8. The van der Waals surface area contributed by atoms with Crippen LogP contribution in [0.2, 0.25) is 5.02 Å². The monoisotopic (exact) mass is 491 g/mol. The highest BCUT2D eigenvalue weighted by molar-refractivity contribution is 6.30. The van der Waals surface area contributed by atoms with Crippen LogP contribution in [0.3, 0.4) is 0 Å². The Balaban J connectivity index is 1.68. The lowest BCUT2D eigenvalue weighted by atomic mass is 10.1. The average molecular weight is 492 g/mol. The summed E-state index contributed by atoms with van der Waals surface area (Å²) in [6.07, 6.45) is -0.293. The summed E-state index contributed by atoms with van der Waals surface area (Å²) in [5, 5.41) is 1.36. The van der Waals surface area contributed by atoms with Crippen LogP contribution in [0.25, 0.3) is 0 Å². The fraction of sp³-hybridized carbons (Fsp3) is 0.154. The molecule has 1 atom stereocenters. The van der Waals surface area contributed by atoms with E-state index in [-0.39, 0.29) is 12.0 Å². The van der Waals surface area contributed by atoms with Gasteiger partial charge in [0.05, 0.1) is 19.2 Å². The van der Waals surface area contributed by atoms with E-state index in [0.29, 0.717) is 27.6 Å². The van der Waals surface area contributed by atoms with E-state index in [2.05, 4.69) is 5.43 Å². The lowest BCUT2D eigenvalue weighted by Gasteiger charge is -2.28. The van der Waals surface area contributed by atoms with Crippen molar-refractivity contribution in [1.29, 1.82) is 0 Å². The molecule has 3 aromatic carbocycles. The normalized spacial score (nSPS) is 15.2. The molecule has 8 nitrogen and oxygen atoms in total. The SMILES string of the molecule is COc1ccc(N2C(=O)CC(N(NC(=O)c3ccccc3C)C(=O)c3ccc(Cl)cc3)C2=O)cc1. The van der Waals surface area contributed by atoms with Gasteiger partial charge in [-0.2, -0.15) is 0 Å². The van der Waals surface area contributed by atoms with Crippen molar-refractivity contribution in [3.05, 3.63) is 94.5 Å². The predicted octanol–water partition coefficient (Wildman–Crippen LogP) is 3.78. The Morgan fingerprint density at radius 2 is 1.66 bits per heavy atom. The van der Waals surface area contributed by atoms with Crippen molar-refractivity contribution < 1.29 is 23.9 Å². The van der Waals surface area contributed by atoms with E-state index in [4.69, 9.17) is 16.3 Å².